The number of hydrogen-bond acceptors (Lipinski definition) is 4. The second-order valence-electron chi connectivity index (χ2n) is 6.68. The van der Waals surface area contributed by atoms with Crippen LogP contribution in [0.4, 0.5) is 27.5 Å². The molecule has 0 spiro atoms. The van der Waals surface area contributed by atoms with Gasteiger partial charge in [0.25, 0.3) is 10.0 Å². The molecule has 8 nitrogen and oxygen atoms in total. The Balaban J connectivity index is 1.47. The predicted molar refractivity (Wildman–Crippen MR) is 115 cm³/mol. The molecular formula is C21H18N4O4S. The third-order valence-corrected chi connectivity index (χ3v) is 5.80. The second-order valence-corrected chi connectivity index (χ2v) is 8.36. The van der Waals surface area contributed by atoms with Crippen LogP contribution in [0.15, 0.2) is 77.7 Å². The fraction of sp³-hybridized carbons (Fsp3) is 0.0476. The van der Waals surface area contributed by atoms with E-state index in [0.717, 1.165) is 0 Å². The number of urea groups is 1. The van der Waals surface area contributed by atoms with Gasteiger partial charge in [0.2, 0.25) is 5.91 Å². The van der Waals surface area contributed by atoms with Crippen LogP contribution in [0.2, 0.25) is 0 Å². The highest BCUT2D eigenvalue weighted by molar-refractivity contribution is 7.92. The van der Waals surface area contributed by atoms with Gasteiger partial charge < -0.3 is 16.0 Å². The van der Waals surface area contributed by atoms with Gasteiger partial charge in [-0.25, -0.2) is 13.2 Å². The van der Waals surface area contributed by atoms with Gasteiger partial charge in [0.1, 0.15) is 0 Å². The zero-order valence-corrected chi connectivity index (χ0v) is 16.5. The lowest BCUT2D eigenvalue weighted by molar-refractivity contribution is -0.115. The van der Waals surface area contributed by atoms with Crippen LogP contribution in [-0.2, 0) is 21.2 Å². The molecule has 1 aliphatic heterocycles. The van der Waals surface area contributed by atoms with Crippen LogP contribution in [-0.4, -0.2) is 20.4 Å². The molecule has 4 rings (SSSR count). The molecule has 0 aromatic heterocycles. The number of amides is 3. The molecule has 0 atom stereocenters. The van der Waals surface area contributed by atoms with Crippen LogP contribution in [0, 0.1) is 0 Å². The first-order valence-electron chi connectivity index (χ1n) is 9.08. The number of para-hydroxylation sites is 1. The Hall–Kier alpha value is -3.85. The summed E-state index contributed by atoms with van der Waals surface area (Å²) in [6.07, 6.45) is 0.147. The summed E-state index contributed by atoms with van der Waals surface area (Å²) in [5, 5.41) is 8.02. The monoisotopic (exact) mass is 422 g/mol. The molecule has 0 bridgehead atoms. The second kappa shape index (κ2) is 7.88. The summed E-state index contributed by atoms with van der Waals surface area (Å²) in [4.78, 5) is 23.7. The highest BCUT2D eigenvalue weighted by atomic mass is 32.2. The topological polar surface area (TPSA) is 116 Å². The smallest absolute Gasteiger partial charge is 0.323 e. The minimum atomic E-state index is -3.86. The highest BCUT2D eigenvalue weighted by Crippen LogP contribution is 2.27. The first-order valence-corrected chi connectivity index (χ1v) is 10.6. The molecule has 4 N–H and O–H groups in total. The van der Waals surface area contributed by atoms with Gasteiger partial charge in [-0.05, 0) is 54.1 Å². The van der Waals surface area contributed by atoms with Gasteiger partial charge in [-0.2, -0.15) is 0 Å². The Morgan fingerprint density at radius 1 is 0.833 bits per heavy atom. The van der Waals surface area contributed by atoms with Crippen molar-refractivity contribution in [2.45, 2.75) is 11.3 Å². The van der Waals surface area contributed by atoms with Gasteiger partial charge >= 0.3 is 6.03 Å². The van der Waals surface area contributed by atoms with Crippen molar-refractivity contribution in [3.63, 3.8) is 0 Å². The van der Waals surface area contributed by atoms with Crippen molar-refractivity contribution in [2.75, 3.05) is 20.7 Å². The minimum absolute atomic E-state index is 0.0536. The van der Waals surface area contributed by atoms with Gasteiger partial charge in [-0.3, -0.25) is 9.52 Å². The summed E-state index contributed by atoms with van der Waals surface area (Å²) in [5.74, 6) is -0.167. The van der Waals surface area contributed by atoms with Gasteiger partial charge in [-0.15, -0.1) is 0 Å². The standard InChI is InChI=1S/C21H18N4O4S/c26-20-12-14-11-18(9-10-19(14)24-20)30(28,29)25-17-8-4-7-16(13-17)23-21(27)22-15-5-2-1-3-6-15/h1-11,13,25H,12H2,(H,24,26)(H2,22,23,27). The molecule has 152 valence electrons. The Morgan fingerprint density at radius 2 is 1.53 bits per heavy atom. The van der Waals surface area contributed by atoms with Crippen molar-refractivity contribution in [1.29, 1.82) is 0 Å². The van der Waals surface area contributed by atoms with Crippen LogP contribution in [0.5, 0.6) is 0 Å². The lowest BCUT2D eigenvalue weighted by Crippen LogP contribution is -2.19. The quantitative estimate of drug-likeness (QED) is 0.502. The number of anilines is 4. The van der Waals surface area contributed by atoms with E-state index < -0.39 is 16.1 Å². The molecule has 3 amide bonds. The third-order valence-electron chi connectivity index (χ3n) is 4.42. The third kappa shape index (κ3) is 4.41. The van der Waals surface area contributed by atoms with Crippen LogP contribution in [0.3, 0.4) is 0 Å². The number of fused-ring (bicyclic) bond motifs is 1. The maximum Gasteiger partial charge on any atom is 0.323 e. The largest absolute Gasteiger partial charge is 0.326 e. The molecule has 0 radical (unpaired) electrons. The van der Waals surface area contributed by atoms with Gasteiger partial charge in [0.15, 0.2) is 0 Å². The summed E-state index contributed by atoms with van der Waals surface area (Å²) in [6.45, 7) is 0. The van der Waals surface area contributed by atoms with Crippen molar-refractivity contribution >= 4 is 44.7 Å². The van der Waals surface area contributed by atoms with E-state index in [4.69, 9.17) is 0 Å². The lowest BCUT2D eigenvalue weighted by Gasteiger charge is -2.12. The molecule has 0 saturated carbocycles. The molecule has 0 fully saturated rings. The number of nitrogens with one attached hydrogen (secondary N) is 4. The summed E-state index contributed by atoms with van der Waals surface area (Å²) in [7, 11) is -3.86. The van der Waals surface area contributed by atoms with E-state index >= 15 is 0 Å². The van der Waals surface area contributed by atoms with Gasteiger partial charge in [0.05, 0.1) is 17.0 Å². The molecule has 3 aromatic rings. The van der Waals surface area contributed by atoms with E-state index in [1.54, 1.807) is 48.5 Å². The Labute approximate surface area is 173 Å². The number of sulfonamides is 1. The van der Waals surface area contributed by atoms with Crippen molar-refractivity contribution in [3.05, 3.63) is 78.4 Å². The summed E-state index contributed by atoms with van der Waals surface area (Å²) < 4.78 is 28.0. The predicted octanol–water partition coefficient (Wildman–Crippen LogP) is 3.63. The summed E-state index contributed by atoms with van der Waals surface area (Å²) >= 11 is 0. The van der Waals surface area contributed by atoms with Crippen LogP contribution in [0.25, 0.3) is 0 Å². The van der Waals surface area contributed by atoms with E-state index in [0.29, 0.717) is 28.3 Å². The van der Waals surface area contributed by atoms with Gasteiger partial charge in [0, 0.05) is 17.1 Å². The van der Waals surface area contributed by atoms with Crippen molar-refractivity contribution < 1.29 is 18.0 Å². The van der Waals surface area contributed by atoms with E-state index in [2.05, 4.69) is 20.7 Å². The average molecular weight is 422 g/mol. The molecule has 3 aromatic carbocycles. The molecule has 0 aliphatic carbocycles. The van der Waals surface area contributed by atoms with Gasteiger partial charge in [-0.1, -0.05) is 24.3 Å². The molecular weight excluding hydrogens is 404 g/mol. The maximum atomic E-state index is 12.7. The molecule has 9 heteroatoms. The zero-order chi connectivity index (χ0) is 21.1. The van der Waals surface area contributed by atoms with Crippen molar-refractivity contribution in [3.8, 4) is 0 Å². The lowest BCUT2D eigenvalue weighted by atomic mass is 10.2. The number of carbonyl (C=O) groups excluding carboxylic acids is 2. The van der Waals surface area contributed by atoms with Crippen LogP contribution in [0.1, 0.15) is 5.56 Å². The van der Waals surface area contributed by atoms with Crippen molar-refractivity contribution in [2.24, 2.45) is 0 Å². The molecule has 1 heterocycles. The van der Waals surface area contributed by atoms with Crippen LogP contribution >= 0.6 is 0 Å². The maximum absolute atomic E-state index is 12.7. The number of benzene rings is 3. The Morgan fingerprint density at radius 3 is 2.33 bits per heavy atom. The van der Waals surface area contributed by atoms with E-state index in [1.165, 1.54) is 18.2 Å². The molecule has 1 aliphatic rings. The highest BCUT2D eigenvalue weighted by Gasteiger charge is 2.22. The first-order chi connectivity index (χ1) is 14.4. The number of rotatable bonds is 5. The van der Waals surface area contributed by atoms with E-state index in [1.807, 2.05) is 6.07 Å². The van der Waals surface area contributed by atoms with Crippen LogP contribution < -0.4 is 20.7 Å². The number of hydrogen-bond donors (Lipinski definition) is 4. The summed E-state index contributed by atoms with van der Waals surface area (Å²) in [6, 6.07) is 19.4. The molecule has 0 unspecified atom stereocenters. The number of carbonyl (C=O) groups is 2. The fourth-order valence-electron chi connectivity index (χ4n) is 3.06. The Bertz CT molecular complexity index is 1230. The SMILES string of the molecule is O=C1Cc2cc(S(=O)(=O)Nc3cccc(NC(=O)Nc4ccccc4)c3)ccc2N1. The summed E-state index contributed by atoms with van der Waals surface area (Å²) in [5.41, 5.74) is 2.61. The molecule has 0 saturated heterocycles. The van der Waals surface area contributed by atoms with E-state index in [9.17, 15) is 18.0 Å². The van der Waals surface area contributed by atoms with E-state index in [-0.39, 0.29) is 17.2 Å². The normalized spacial score (nSPS) is 12.6. The minimum Gasteiger partial charge on any atom is -0.326 e. The average Bonchev–Trinajstić information content (AvgIpc) is 3.08. The molecule has 30 heavy (non-hydrogen) atoms. The fourth-order valence-corrected chi connectivity index (χ4v) is 4.16. The first kappa shape index (κ1) is 19.5. The Kier molecular flexibility index (Phi) is 5.11. The zero-order valence-electron chi connectivity index (χ0n) is 15.7. The van der Waals surface area contributed by atoms with Crippen molar-refractivity contribution in [1.82, 2.24) is 0 Å².